The lowest BCUT2D eigenvalue weighted by atomic mass is 10.2. The van der Waals surface area contributed by atoms with Gasteiger partial charge in [-0.15, -0.1) is 5.10 Å². The lowest BCUT2D eigenvalue weighted by molar-refractivity contribution is -0.141. The van der Waals surface area contributed by atoms with E-state index in [9.17, 15) is 18.0 Å². The SMILES string of the molecule is CC(C)n1nc(-c2ccccc2)nc1NC(=O)c1cccc(C(F)(F)F)n1. The predicted octanol–water partition coefficient (Wildman–Crippen LogP) is 4.19. The Kier molecular flexibility index (Phi) is 4.93. The molecule has 0 aliphatic carbocycles. The summed E-state index contributed by atoms with van der Waals surface area (Å²) in [5.41, 5.74) is -0.737. The van der Waals surface area contributed by atoms with Gasteiger partial charge in [-0.2, -0.15) is 18.2 Å². The van der Waals surface area contributed by atoms with E-state index in [1.807, 2.05) is 44.2 Å². The number of alkyl halides is 3. The molecule has 1 aromatic carbocycles. The normalized spacial score (nSPS) is 11.6. The fourth-order valence-electron chi connectivity index (χ4n) is 2.36. The fraction of sp³-hybridized carbons (Fsp3) is 0.222. The molecule has 2 heterocycles. The van der Waals surface area contributed by atoms with Gasteiger partial charge < -0.3 is 0 Å². The van der Waals surface area contributed by atoms with Crippen molar-refractivity contribution in [2.24, 2.45) is 0 Å². The minimum atomic E-state index is -4.63. The van der Waals surface area contributed by atoms with Gasteiger partial charge in [0.15, 0.2) is 5.82 Å². The number of pyridine rings is 1. The van der Waals surface area contributed by atoms with Crippen LogP contribution < -0.4 is 5.32 Å². The maximum atomic E-state index is 12.8. The van der Waals surface area contributed by atoms with Crippen molar-refractivity contribution >= 4 is 11.9 Å². The molecule has 0 bridgehead atoms. The van der Waals surface area contributed by atoms with E-state index in [0.717, 1.165) is 17.7 Å². The molecule has 3 rings (SSSR count). The zero-order chi connectivity index (χ0) is 19.6. The number of halogens is 3. The lowest BCUT2D eigenvalue weighted by Crippen LogP contribution is -2.20. The molecular formula is C18H16F3N5O. The molecule has 0 aliphatic rings. The van der Waals surface area contributed by atoms with Crippen molar-refractivity contribution in [1.29, 1.82) is 0 Å². The van der Waals surface area contributed by atoms with E-state index in [-0.39, 0.29) is 17.7 Å². The zero-order valence-electron chi connectivity index (χ0n) is 14.5. The topological polar surface area (TPSA) is 72.7 Å². The first-order chi connectivity index (χ1) is 12.8. The van der Waals surface area contributed by atoms with Crippen molar-refractivity contribution in [3.63, 3.8) is 0 Å². The molecule has 3 aromatic rings. The summed E-state index contributed by atoms with van der Waals surface area (Å²) in [6.07, 6.45) is -4.63. The minimum absolute atomic E-state index is 0.125. The highest BCUT2D eigenvalue weighted by molar-refractivity contribution is 6.02. The number of carbonyl (C=O) groups excluding carboxylic acids is 1. The van der Waals surface area contributed by atoms with Crippen molar-refractivity contribution in [2.75, 3.05) is 5.32 Å². The highest BCUT2D eigenvalue weighted by Crippen LogP contribution is 2.27. The van der Waals surface area contributed by atoms with Crippen LogP contribution in [-0.2, 0) is 6.18 Å². The number of nitrogens with one attached hydrogen (secondary N) is 1. The summed E-state index contributed by atoms with van der Waals surface area (Å²) in [6.45, 7) is 3.70. The van der Waals surface area contributed by atoms with Crippen LogP contribution in [0.5, 0.6) is 0 Å². The number of carbonyl (C=O) groups is 1. The zero-order valence-corrected chi connectivity index (χ0v) is 14.5. The molecule has 0 radical (unpaired) electrons. The van der Waals surface area contributed by atoms with E-state index in [1.165, 1.54) is 10.7 Å². The second-order valence-corrected chi connectivity index (χ2v) is 6.02. The predicted molar refractivity (Wildman–Crippen MR) is 93.0 cm³/mol. The van der Waals surface area contributed by atoms with Crippen LogP contribution in [-0.4, -0.2) is 25.7 Å². The van der Waals surface area contributed by atoms with Crippen molar-refractivity contribution in [1.82, 2.24) is 19.7 Å². The number of hydrogen-bond acceptors (Lipinski definition) is 4. The second-order valence-electron chi connectivity index (χ2n) is 6.02. The van der Waals surface area contributed by atoms with Crippen molar-refractivity contribution in [3.8, 4) is 11.4 Å². The molecule has 140 valence electrons. The van der Waals surface area contributed by atoms with Gasteiger partial charge in [0, 0.05) is 5.56 Å². The summed E-state index contributed by atoms with van der Waals surface area (Å²) >= 11 is 0. The number of hydrogen-bond donors (Lipinski definition) is 1. The third-order valence-corrected chi connectivity index (χ3v) is 3.65. The summed E-state index contributed by atoms with van der Waals surface area (Å²) < 4.78 is 39.9. The number of aromatic nitrogens is 4. The molecule has 27 heavy (non-hydrogen) atoms. The summed E-state index contributed by atoms with van der Waals surface area (Å²) in [7, 11) is 0. The Morgan fingerprint density at radius 3 is 2.37 bits per heavy atom. The highest BCUT2D eigenvalue weighted by Gasteiger charge is 2.33. The van der Waals surface area contributed by atoms with E-state index in [0.29, 0.717) is 5.82 Å². The molecule has 0 saturated carbocycles. The van der Waals surface area contributed by atoms with Crippen LogP contribution in [0.4, 0.5) is 19.1 Å². The summed E-state index contributed by atoms with van der Waals surface area (Å²) in [4.78, 5) is 20.1. The molecule has 0 aliphatic heterocycles. The quantitative estimate of drug-likeness (QED) is 0.742. The van der Waals surface area contributed by atoms with Gasteiger partial charge in [0.2, 0.25) is 5.95 Å². The monoisotopic (exact) mass is 375 g/mol. The first-order valence-corrected chi connectivity index (χ1v) is 8.13. The van der Waals surface area contributed by atoms with Crippen LogP contribution in [0.2, 0.25) is 0 Å². The average Bonchev–Trinajstić information content (AvgIpc) is 3.06. The largest absolute Gasteiger partial charge is 0.433 e. The van der Waals surface area contributed by atoms with Gasteiger partial charge in [0.25, 0.3) is 5.91 Å². The molecule has 6 nitrogen and oxygen atoms in total. The first kappa shape index (κ1) is 18.6. The van der Waals surface area contributed by atoms with Gasteiger partial charge >= 0.3 is 6.18 Å². The Labute approximate surface area is 153 Å². The number of nitrogens with zero attached hydrogens (tertiary/aromatic N) is 4. The molecule has 2 aromatic heterocycles. The van der Waals surface area contributed by atoms with Crippen LogP contribution in [0.25, 0.3) is 11.4 Å². The van der Waals surface area contributed by atoms with Crippen LogP contribution in [0.3, 0.4) is 0 Å². The van der Waals surface area contributed by atoms with Crippen LogP contribution in [0.1, 0.15) is 36.1 Å². The average molecular weight is 375 g/mol. The van der Waals surface area contributed by atoms with Crippen LogP contribution in [0, 0.1) is 0 Å². The summed E-state index contributed by atoms with van der Waals surface area (Å²) in [6, 6.07) is 12.2. The minimum Gasteiger partial charge on any atom is -0.289 e. The molecule has 0 saturated heterocycles. The van der Waals surface area contributed by atoms with Crippen molar-refractivity contribution < 1.29 is 18.0 Å². The van der Waals surface area contributed by atoms with Crippen molar-refractivity contribution in [3.05, 3.63) is 59.9 Å². The molecular weight excluding hydrogens is 359 g/mol. The molecule has 1 N–H and O–H groups in total. The molecule has 1 amide bonds. The molecule has 0 atom stereocenters. The van der Waals surface area contributed by atoms with E-state index in [1.54, 1.807) is 0 Å². The Balaban J connectivity index is 1.91. The second kappa shape index (κ2) is 7.18. The van der Waals surface area contributed by atoms with Crippen LogP contribution in [0.15, 0.2) is 48.5 Å². The van der Waals surface area contributed by atoms with E-state index < -0.39 is 17.8 Å². The summed E-state index contributed by atoms with van der Waals surface area (Å²) in [5.74, 6) is -0.264. The number of anilines is 1. The molecule has 0 spiro atoms. The number of rotatable bonds is 4. The standard InChI is InChI=1S/C18H16F3N5O/c1-11(2)26-17(23-15(25-26)12-7-4-3-5-8-12)24-16(27)13-9-6-10-14(22-13)18(19,20)21/h3-11H,1-2H3,(H,23,24,25,27). The summed E-state index contributed by atoms with van der Waals surface area (Å²) in [5, 5.41) is 6.87. The van der Waals surface area contributed by atoms with Gasteiger partial charge in [-0.25, -0.2) is 9.67 Å². The van der Waals surface area contributed by atoms with Crippen molar-refractivity contribution in [2.45, 2.75) is 26.1 Å². The lowest BCUT2D eigenvalue weighted by Gasteiger charge is -2.10. The van der Waals surface area contributed by atoms with Gasteiger partial charge in [-0.05, 0) is 26.0 Å². The fourth-order valence-corrected chi connectivity index (χ4v) is 2.36. The molecule has 9 heteroatoms. The van der Waals surface area contributed by atoms with Gasteiger partial charge in [-0.3, -0.25) is 10.1 Å². The van der Waals surface area contributed by atoms with E-state index in [4.69, 9.17) is 0 Å². The first-order valence-electron chi connectivity index (χ1n) is 8.13. The third-order valence-electron chi connectivity index (χ3n) is 3.65. The van der Waals surface area contributed by atoms with Gasteiger partial charge in [0.05, 0.1) is 6.04 Å². The maximum Gasteiger partial charge on any atom is 0.433 e. The Morgan fingerprint density at radius 1 is 1.04 bits per heavy atom. The van der Waals surface area contributed by atoms with E-state index >= 15 is 0 Å². The Hall–Kier alpha value is -3.23. The van der Waals surface area contributed by atoms with Gasteiger partial charge in [-0.1, -0.05) is 36.4 Å². The van der Waals surface area contributed by atoms with E-state index in [2.05, 4.69) is 20.4 Å². The smallest absolute Gasteiger partial charge is 0.289 e. The maximum absolute atomic E-state index is 12.8. The Bertz CT molecular complexity index is 951. The van der Waals surface area contributed by atoms with Gasteiger partial charge in [0.1, 0.15) is 11.4 Å². The number of benzene rings is 1. The van der Waals surface area contributed by atoms with Crippen LogP contribution >= 0.6 is 0 Å². The number of amides is 1. The molecule has 0 unspecified atom stereocenters. The third kappa shape index (κ3) is 4.13. The highest BCUT2D eigenvalue weighted by atomic mass is 19.4. The molecule has 0 fully saturated rings. The Morgan fingerprint density at radius 2 is 1.74 bits per heavy atom.